The first-order chi connectivity index (χ1) is 18.1. The van der Waals surface area contributed by atoms with Gasteiger partial charge in [0.05, 0.1) is 17.1 Å². The number of halogens is 1. The predicted octanol–water partition coefficient (Wildman–Crippen LogP) is 6.78. The van der Waals surface area contributed by atoms with E-state index in [1.54, 1.807) is 18.3 Å². The maximum absolute atomic E-state index is 13.9. The molecule has 0 saturated heterocycles. The fourth-order valence-corrected chi connectivity index (χ4v) is 5.64. The largest absolute Gasteiger partial charge is 0.340 e. The first-order valence-corrected chi connectivity index (χ1v) is 13.0. The van der Waals surface area contributed by atoms with Crippen LogP contribution in [0.2, 0.25) is 0 Å². The number of hydrogen-bond donors (Lipinski definition) is 0. The maximum Gasteiger partial charge on any atom is 0.282 e. The Balaban J connectivity index is 1.48. The van der Waals surface area contributed by atoms with E-state index in [4.69, 9.17) is 10.1 Å². The number of hydrogen-bond acceptors (Lipinski definition) is 3. The Morgan fingerprint density at radius 3 is 2.54 bits per heavy atom. The Kier molecular flexibility index (Phi) is 6.16. The van der Waals surface area contributed by atoms with Gasteiger partial charge < -0.3 is 4.57 Å². The molecule has 37 heavy (non-hydrogen) atoms. The van der Waals surface area contributed by atoms with Crippen LogP contribution in [-0.2, 0) is 6.54 Å². The topological polar surface area (TPSA) is 52.2 Å². The van der Waals surface area contributed by atoms with Crippen molar-refractivity contribution >= 4 is 28.0 Å². The lowest BCUT2D eigenvalue weighted by Crippen LogP contribution is -2.25. The van der Waals surface area contributed by atoms with Crippen LogP contribution in [0.4, 0.5) is 4.39 Å². The van der Waals surface area contributed by atoms with Crippen molar-refractivity contribution < 1.29 is 4.39 Å². The number of fused-ring (bicyclic) bond motifs is 2. The van der Waals surface area contributed by atoms with Crippen molar-refractivity contribution in [3.63, 3.8) is 0 Å². The lowest BCUT2D eigenvalue weighted by molar-refractivity contribution is 0.416. The zero-order chi connectivity index (χ0) is 25.4. The molecule has 2 heterocycles. The van der Waals surface area contributed by atoms with Gasteiger partial charge >= 0.3 is 0 Å². The van der Waals surface area contributed by atoms with Crippen LogP contribution in [0.3, 0.4) is 0 Å². The smallest absolute Gasteiger partial charge is 0.282 e. The first kappa shape index (κ1) is 23.3. The van der Waals surface area contributed by atoms with E-state index in [9.17, 15) is 9.18 Å². The second-order valence-corrected chi connectivity index (χ2v) is 9.92. The Hall–Kier alpha value is -4.06. The summed E-state index contributed by atoms with van der Waals surface area (Å²) in [6.07, 6.45) is 7.34. The SMILES string of the molecule is Cc1c(C=Nn2c(C3CCCCC3)nc3ccccc3c2=O)c2ccccc2n1Cc1cccc(F)c1. The summed E-state index contributed by atoms with van der Waals surface area (Å²) < 4.78 is 17.6. The first-order valence-electron chi connectivity index (χ1n) is 13.0. The number of benzene rings is 3. The normalized spacial score (nSPS) is 14.8. The Morgan fingerprint density at radius 1 is 0.973 bits per heavy atom. The van der Waals surface area contributed by atoms with E-state index >= 15 is 0 Å². The van der Waals surface area contributed by atoms with Crippen molar-refractivity contribution in [2.24, 2.45) is 5.10 Å². The quantitative estimate of drug-likeness (QED) is 0.254. The summed E-state index contributed by atoms with van der Waals surface area (Å²) in [6.45, 7) is 2.59. The van der Waals surface area contributed by atoms with Gasteiger partial charge in [0.1, 0.15) is 11.6 Å². The number of rotatable bonds is 5. The van der Waals surface area contributed by atoms with Gasteiger partial charge in [0, 0.05) is 34.6 Å². The van der Waals surface area contributed by atoms with Crippen LogP contribution in [0, 0.1) is 12.7 Å². The van der Waals surface area contributed by atoms with Crippen LogP contribution in [0.5, 0.6) is 0 Å². The molecule has 0 radical (unpaired) electrons. The highest BCUT2D eigenvalue weighted by Crippen LogP contribution is 2.32. The van der Waals surface area contributed by atoms with E-state index in [2.05, 4.69) is 16.7 Å². The summed E-state index contributed by atoms with van der Waals surface area (Å²) in [5.74, 6) is 0.728. The zero-order valence-corrected chi connectivity index (χ0v) is 20.9. The number of para-hydroxylation sites is 2. The van der Waals surface area contributed by atoms with Crippen LogP contribution >= 0.6 is 0 Å². The van der Waals surface area contributed by atoms with Gasteiger partial charge in [-0.3, -0.25) is 4.79 Å². The van der Waals surface area contributed by atoms with Crippen LogP contribution in [0.15, 0.2) is 82.7 Å². The predicted molar refractivity (Wildman–Crippen MR) is 147 cm³/mol. The van der Waals surface area contributed by atoms with Crippen LogP contribution in [0.25, 0.3) is 21.8 Å². The molecule has 6 rings (SSSR count). The highest BCUT2D eigenvalue weighted by atomic mass is 19.1. The minimum atomic E-state index is -0.244. The molecule has 1 aliphatic rings. The lowest BCUT2D eigenvalue weighted by atomic mass is 9.88. The Bertz CT molecular complexity index is 1690. The molecule has 0 bridgehead atoms. The van der Waals surface area contributed by atoms with Crippen LogP contribution in [-0.4, -0.2) is 20.4 Å². The summed E-state index contributed by atoms with van der Waals surface area (Å²) in [5, 5.41) is 6.41. The molecule has 0 aliphatic heterocycles. The molecule has 1 aliphatic carbocycles. The van der Waals surface area contributed by atoms with Crippen molar-refractivity contribution in [1.82, 2.24) is 14.2 Å². The van der Waals surface area contributed by atoms with E-state index in [0.717, 1.165) is 64.7 Å². The summed E-state index contributed by atoms with van der Waals surface area (Å²) in [4.78, 5) is 18.5. The molecule has 3 aromatic carbocycles. The third-order valence-electron chi connectivity index (χ3n) is 7.56. The van der Waals surface area contributed by atoms with E-state index in [1.165, 1.54) is 17.2 Å². The second-order valence-electron chi connectivity index (χ2n) is 9.92. The number of nitrogens with zero attached hydrogens (tertiary/aromatic N) is 4. The van der Waals surface area contributed by atoms with Gasteiger partial charge in [-0.1, -0.05) is 61.7 Å². The molecule has 2 aromatic heterocycles. The molecule has 0 spiro atoms. The molecule has 5 aromatic rings. The third kappa shape index (κ3) is 4.37. The molecule has 0 amide bonds. The van der Waals surface area contributed by atoms with Gasteiger partial charge in [-0.25, -0.2) is 9.37 Å². The zero-order valence-electron chi connectivity index (χ0n) is 20.9. The maximum atomic E-state index is 13.9. The molecule has 0 unspecified atom stereocenters. The highest BCUT2D eigenvalue weighted by molar-refractivity contribution is 6.01. The summed E-state index contributed by atoms with van der Waals surface area (Å²) >= 11 is 0. The minimum Gasteiger partial charge on any atom is -0.340 e. The van der Waals surface area contributed by atoms with Crippen molar-refractivity contribution in [2.45, 2.75) is 51.5 Å². The van der Waals surface area contributed by atoms with E-state index in [0.29, 0.717) is 11.9 Å². The van der Waals surface area contributed by atoms with Gasteiger partial charge in [0.15, 0.2) is 0 Å². The standard InChI is InChI=1S/C31H29FN4O/c1-21-27(25-14-6-8-17-29(25)35(21)20-22-10-9-13-24(32)18-22)19-33-36-30(23-11-3-2-4-12-23)34-28-16-7-5-15-26(28)31(36)37/h5-10,13-19,23H,2-4,11-12,20H2,1H3. The lowest BCUT2D eigenvalue weighted by Gasteiger charge is -2.22. The fraction of sp³-hybridized carbons (Fsp3) is 0.258. The van der Waals surface area contributed by atoms with Gasteiger partial charge in [0.2, 0.25) is 0 Å². The van der Waals surface area contributed by atoms with Gasteiger partial charge in [-0.05, 0) is 55.7 Å². The van der Waals surface area contributed by atoms with E-state index < -0.39 is 0 Å². The van der Waals surface area contributed by atoms with E-state index in [1.807, 2.05) is 49.4 Å². The third-order valence-corrected chi connectivity index (χ3v) is 7.56. The molecular weight excluding hydrogens is 463 g/mol. The Labute approximate surface area is 214 Å². The minimum absolute atomic E-state index is 0.136. The van der Waals surface area contributed by atoms with Crippen molar-refractivity contribution in [3.05, 3.63) is 112 Å². The second kappa shape index (κ2) is 9.77. The average molecular weight is 493 g/mol. The van der Waals surface area contributed by atoms with Crippen molar-refractivity contribution in [2.75, 3.05) is 0 Å². The molecule has 6 heteroatoms. The summed E-state index contributed by atoms with van der Waals surface area (Å²) in [7, 11) is 0. The molecule has 0 N–H and O–H groups in total. The summed E-state index contributed by atoms with van der Waals surface area (Å²) in [6, 6.07) is 22.3. The fourth-order valence-electron chi connectivity index (χ4n) is 5.64. The molecule has 0 atom stereocenters. The molecular formula is C31H29FN4O. The Morgan fingerprint density at radius 2 is 1.73 bits per heavy atom. The summed E-state index contributed by atoms with van der Waals surface area (Å²) in [5.41, 5.74) is 4.48. The molecule has 1 fully saturated rings. The van der Waals surface area contributed by atoms with Crippen LogP contribution < -0.4 is 5.56 Å². The van der Waals surface area contributed by atoms with Crippen LogP contribution in [0.1, 0.15) is 60.7 Å². The van der Waals surface area contributed by atoms with Gasteiger partial charge in [0.25, 0.3) is 5.56 Å². The van der Waals surface area contributed by atoms with Crippen molar-refractivity contribution in [1.29, 1.82) is 0 Å². The van der Waals surface area contributed by atoms with Crippen molar-refractivity contribution in [3.8, 4) is 0 Å². The molecule has 5 nitrogen and oxygen atoms in total. The van der Waals surface area contributed by atoms with E-state index in [-0.39, 0.29) is 17.3 Å². The molecule has 1 saturated carbocycles. The number of aromatic nitrogens is 3. The van der Waals surface area contributed by atoms with Gasteiger partial charge in [-0.15, -0.1) is 0 Å². The highest BCUT2D eigenvalue weighted by Gasteiger charge is 2.22. The molecule has 186 valence electrons. The average Bonchev–Trinajstić information content (AvgIpc) is 3.19. The monoisotopic (exact) mass is 492 g/mol. The van der Waals surface area contributed by atoms with Gasteiger partial charge in [-0.2, -0.15) is 9.78 Å².